The number of aromatic nitrogens is 2. The van der Waals surface area contributed by atoms with E-state index in [4.69, 9.17) is 11.6 Å². The number of alkyl halides is 1. The Morgan fingerprint density at radius 2 is 2.18 bits per heavy atom. The van der Waals surface area contributed by atoms with E-state index in [-0.39, 0.29) is 22.4 Å². The largest absolute Gasteiger partial charge is 0.266 e. The Hall–Kier alpha value is -0.590. The first-order chi connectivity index (χ1) is 7.71. The summed E-state index contributed by atoms with van der Waals surface area (Å²) in [5.74, 6) is 0. The van der Waals surface area contributed by atoms with Crippen LogP contribution in [0.2, 0.25) is 0 Å². The van der Waals surface area contributed by atoms with Gasteiger partial charge in [-0.25, -0.2) is 13.1 Å². The van der Waals surface area contributed by atoms with Crippen molar-refractivity contribution in [3.05, 3.63) is 12.3 Å². The van der Waals surface area contributed by atoms with Crippen molar-refractivity contribution in [2.75, 3.05) is 6.54 Å². The van der Waals surface area contributed by atoms with Gasteiger partial charge in [-0.1, -0.05) is 20.8 Å². The first-order valence-electron chi connectivity index (χ1n) is 5.34. The van der Waals surface area contributed by atoms with Crippen LogP contribution in [-0.2, 0) is 10.0 Å². The summed E-state index contributed by atoms with van der Waals surface area (Å²) in [6.07, 6.45) is 2.13. The van der Waals surface area contributed by atoms with Crippen molar-refractivity contribution in [3.63, 3.8) is 0 Å². The number of H-pyrrole nitrogens is 1. The molecule has 0 saturated carbocycles. The average molecular weight is 280 g/mol. The van der Waals surface area contributed by atoms with Gasteiger partial charge in [0, 0.05) is 11.9 Å². The minimum atomic E-state index is -3.52. The third-order valence-corrected chi connectivity index (χ3v) is 3.76. The van der Waals surface area contributed by atoms with Gasteiger partial charge in [0.15, 0.2) is 5.03 Å². The van der Waals surface area contributed by atoms with Crippen LogP contribution < -0.4 is 4.72 Å². The van der Waals surface area contributed by atoms with Crippen LogP contribution in [0.3, 0.4) is 0 Å². The number of sulfonamides is 1. The molecule has 1 aromatic heterocycles. The van der Waals surface area contributed by atoms with Crippen LogP contribution >= 0.6 is 11.6 Å². The molecule has 1 heterocycles. The second kappa shape index (κ2) is 5.37. The number of nitrogens with zero attached hydrogens (tertiary/aromatic N) is 1. The lowest BCUT2D eigenvalue weighted by molar-refractivity contribution is 0.369. The van der Waals surface area contributed by atoms with E-state index in [0.29, 0.717) is 0 Å². The molecule has 0 spiro atoms. The summed E-state index contributed by atoms with van der Waals surface area (Å²) in [7, 11) is -3.52. The van der Waals surface area contributed by atoms with E-state index < -0.39 is 10.0 Å². The van der Waals surface area contributed by atoms with Gasteiger partial charge in [0.25, 0.3) is 10.0 Å². The molecule has 1 rings (SSSR count). The summed E-state index contributed by atoms with van der Waals surface area (Å²) in [4.78, 5) is 0. The molecule has 2 N–H and O–H groups in total. The molecule has 5 nitrogen and oxygen atoms in total. The van der Waals surface area contributed by atoms with Gasteiger partial charge in [-0.05, 0) is 17.9 Å². The maximum absolute atomic E-state index is 11.7. The lowest BCUT2D eigenvalue weighted by atomic mass is 9.90. The molecule has 1 aromatic rings. The monoisotopic (exact) mass is 279 g/mol. The normalized spacial score (nSPS) is 14.8. The second-order valence-corrected chi connectivity index (χ2v) is 7.49. The van der Waals surface area contributed by atoms with Crippen molar-refractivity contribution in [3.8, 4) is 0 Å². The standard InChI is InChI=1S/C10H18ClN3O2S/c1-10(2,3)6-8(11)7-13-17(15,16)9-4-5-12-14-9/h4-5,8,13H,6-7H2,1-3H3,(H,12,14). The van der Waals surface area contributed by atoms with Gasteiger partial charge in [-0.3, -0.25) is 5.10 Å². The zero-order chi connectivity index (χ0) is 13.1. The van der Waals surface area contributed by atoms with Crippen LogP contribution in [-0.4, -0.2) is 30.5 Å². The highest BCUT2D eigenvalue weighted by Gasteiger charge is 2.20. The molecule has 98 valence electrons. The lowest BCUT2D eigenvalue weighted by Crippen LogP contribution is -2.31. The number of halogens is 1. The Balaban J connectivity index is 2.51. The van der Waals surface area contributed by atoms with E-state index in [0.717, 1.165) is 6.42 Å². The molecule has 0 amide bonds. The molecule has 0 aliphatic heterocycles. The van der Waals surface area contributed by atoms with Gasteiger partial charge in [0.1, 0.15) is 0 Å². The van der Waals surface area contributed by atoms with Crippen molar-refractivity contribution >= 4 is 21.6 Å². The molecule has 0 radical (unpaired) electrons. The van der Waals surface area contributed by atoms with Crippen molar-refractivity contribution in [2.45, 2.75) is 37.6 Å². The molecule has 0 aliphatic rings. The summed E-state index contributed by atoms with van der Waals surface area (Å²) < 4.78 is 25.9. The minimum absolute atomic E-state index is 0.0529. The average Bonchev–Trinajstić information content (AvgIpc) is 2.65. The van der Waals surface area contributed by atoms with Crippen LogP contribution in [0.5, 0.6) is 0 Å². The van der Waals surface area contributed by atoms with Crippen LogP contribution in [0.15, 0.2) is 17.3 Å². The Kier molecular flexibility index (Phi) is 4.57. The Morgan fingerprint density at radius 1 is 1.53 bits per heavy atom. The molecule has 0 fully saturated rings. The van der Waals surface area contributed by atoms with Crippen molar-refractivity contribution in [2.24, 2.45) is 5.41 Å². The van der Waals surface area contributed by atoms with Crippen molar-refractivity contribution in [1.82, 2.24) is 14.9 Å². The predicted octanol–water partition coefficient (Wildman–Crippen LogP) is 1.73. The first-order valence-corrected chi connectivity index (χ1v) is 7.26. The van der Waals surface area contributed by atoms with Crippen LogP contribution in [0.25, 0.3) is 0 Å². The summed E-state index contributed by atoms with van der Waals surface area (Å²) >= 11 is 6.08. The Bertz CT molecular complexity index is 437. The fourth-order valence-electron chi connectivity index (χ4n) is 1.41. The van der Waals surface area contributed by atoms with Crippen LogP contribution in [0.4, 0.5) is 0 Å². The summed E-state index contributed by atoms with van der Waals surface area (Å²) in [5.41, 5.74) is 0.0752. The SMILES string of the molecule is CC(C)(C)CC(Cl)CNS(=O)(=O)c1ccn[nH]1. The van der Waals surface area contributed by atoms with Crippen LogP contribution in [0.1, 0.15) is 27.2 Å². The Morgan fingerprint density at radius 3 is 2.65 bits per heavy atom. The summed E-state index contributed by atoms with van der Waals surface area (Å²) in [5, 5.41) is 5.83. The van der Waals surface area contributed by atoms with Gasteiger partial charge in [-0.2, -0.15) is 5.10 Å². The van der Waals surface area contributed by atoms with E-state index in [9.17, 15) is 8.42 Å². The maximum atomic E-state index is 11.7. The number of nitrogens with one attached hydrogen (secondary N) is 2. The van der Waals surface area contributed by atoms with Gasteiger partial charge in [0.2, 0.25) is 0 Å². The molecule has 0 aliphatic carbocycles. The number of aromatic amines is 1. The zero-order valence-corrected chi connectivity index (χ0v) is 11.8. The zero-order valence-electron chi connectivity index (χ0n) is 10.2. The van der Waals surface area contributed by atoms with Gasteiger partial charge >= 0.3 is 0 Å². The molecule has 17 heavy (non-hydrogen) atoms. The van der Waals surface area contributed by atoms with Gasteiger partial charge < -0.3 is 0 Å². The molecule has 7 heteroatoms. The quantitative estimate of drug-likeness (QED) is 0.806. The molecule has 1 atom stereocenters. The highest BCUT2D eigenvalue weighted by Crippen LogP contribution is 2.23. The highest BCUT2D eigenvalue weighted by atomic mass is 35.5. The fourth-order valence-corrected chi connectivity index (χ4v) is 3.03. The van der Waals surface area contributed by atoms with E-state index >= 15 is 0 Å². The lowest BCUT2D eigenvalue weighted by Gasteiger charge is -2.21. The fraction of sp³-hybridized carbons (Fsp3) is 0.700. The van der Waals surface area contributed by atoms with E-state index in [1.807, 2.05) is 0 Å². The van der Waals surface area contributed by atoms with Crippen molar-refractivity contribution < 1.29 is 8.42 Å². The topological polar surface area (TPSA) is 74.8 Å². The number of rotatable bonds is 5. The minimum Gasteiger partial charge on any atom is -0.266 e. The van der Waals surface area contributed by atoms with E-state index in [1.54, 1.807) is 0 Å². The van der Waals surface area contributed by atoms with Crippen molar-refractivity contribution in [1.29, 1.82) is 0 Å². The molecular weight excluding hydrogens is 262 g/mol. The molecular formula is C10H18ClN3O2S. The van der Waals surface area contributed by atoms with Gasteiger partial charge in [-0.15, -0.1) is 11.6 Å². The van der Waals surface area contributed by atoms with Crippen LogP contribution in [0, 0.1) is 5.41 Å². The summed E-state index contributed by atoms with van der Waals surface area (Å²) in [6, 6.07) is 1.40. The van der Waals surface area contributed by atoms with E-state index in [1.165, 1.54) is 12.3 Å². The smallest absolute Gasteiger partial charge is 0.257 e. The summed E-state index contributed by atoms with van der Waals surface area (Å²) in [6.45, 7) is 6.39. The maximum Gasteiger partial charge on any atom is 0.257 e. The molecule has 1 unspecified atom stereocenters. The highest BCUT2D eigenvalue weighted by molar-refractivity contribution is 7.89. The third kappa shape index (κ3) is 5.06. The second-order valence-electron chi connectivity index (χ2n) is 5.13. The molecule has 0 bridgehead atoms. The first kappa shape index (κ1) is 14.5. The third-order valence-electron chi connectivity index (χ3n) is 2.09. The predicted molar refractivity (Wildman–Crippen MR) is 67.5 cm³/mol. The Labute approximate surface area is 107 Å². The van der Waals surface area contributed by atoms with Gasteiger partial charge in [0.05, 0.1) is 6.20 Å². The number of hydrogen-bond donors (Lipinski definition) is 2. The molecule has 0 saturated heterocycles. The molecule has 0 aromatic carbocycles. The van der Waals surface area contributed by atoms with E-state index in [2.05, 4.69) is 35.7 Å². The number of hydrogen-bond acceptors (Lipinski definition) is 3.